The number of ether oxygens (including phenoxy) is 4. The summed E-state index contributed by atoms with van der Waals surface area (Å²) in [5.74, 6) is -0.0265. The van der Waals surface area contributed by atoms with Gasteiger partial charge in [0.2, 0.25) is 5.91 Å². The number of anilines is 1. The van der Waals surface area contributed by atoms with Crippen molar-refractivity contribution in [2.45, 2.75) is 37.6 Å². The van der Waals surface area contributed by atoms with Crippen LogP contribution in [-0.4, -0.2) is 83.0 Å². The summed E-state index contributed by atoms with van der Waals surface area (Å²) >= 11 is 0. The summed E-state index contributed by atoms with van der Waals surface area (Å²) in [7, 11) is 0. The van der Waals surface area contributed by atoms with Crippen LogP contribution in [0.3, 0.4) is 0 Å². The molecule has 5 N–H and O–H groups in total. The highest BCUT2D eigenvalue weighted by Crippen LogP contribution is 2.22. The minimum absolute atomic E-state index is 0.195. The fourth-order valence-corrected chi connectivity index (χ4v) is 2.43. The van der Waals surface area contributed by atoms with Crippen LogP contribution < -0.4 is 10.1 Å². The molecule has 1 amide bonds. The van der Waals surface area contributed by atoms with Crippen LogP contribution in [0.25, 0.3) is 0 Å². The molecular weight excluding hydrogens is 378 g/mol. The van der Waals surface area contributed by atoms with Crippen molar-refractivity contribution in [3.8, 4) is 5.75 Å². The summed E-state index contributed by atoms with van der Waals surface area (Å²) in [5, 5.41) is 40.8. The molecule has 0 aliphatic carbocycles. The molecule has 11 nitrogen and oxygen atoms in total. The van der Waals surface area contributed by atoms with E-state index in [2.05, 4.69) is 5.32 Å². The minimum atomic E-state index is -1.55. The van der Waals surface area contributed by atoms with E-state index in [9.17, 15) is 24.9 Å². The Morgan fingerprint density at radius 1 is 1.07 bits per heavy atom. The number of benzene rings is 1. The van der Waals surface area contributed by atoms with Gasteiger partial charge in [0, 0.05) is 12.6 Å². The maximum atomic E-state index is 11.6. The zero-order valence-electron chi connectivity index (χ0n) is 15.1. The molecule has 1 aliphatic rings. The lowest BCUT2D eigenvalue weighted by Crippen LogP contribution is -2.59. The molecule has 5 atom stereocenters. The number of amides is 1. The van der Waals surface area contributed by atoms with Crippen LogP contribution in [0.5, 0.6) is 5.75 Å². The number of nitrogens with one attached hydrogen (secondary N) is 1. The number of carbonyl (C=O) groups excluding carboxylic acids is 2. The van der Waals surface area contributed by atoms with Gasteiger partial charge in [-0.05, 0) is 24.3 Å². The Bertz CT molecular complexity index is 650. The molecule has 0 radical (unpaired) electrons. The maximum absolute atomic E-state index is 11.6. The van der Waals surface area contributed by atoms with Gasteiger partial charge in [-0.3, -0.25) is 4.79 Å². The number of hydrogen-bond acceptors (Lipinski definition) is 10. The standard InChI is InChI=1S/C17H23NO10/c1-9(20)18-10-2-4-11(5-3-10)27-17(24)26-7-6-25-16-15(23)14(22)13(21)12(8-19)28-16/h2-5,12-16,19,21-23H,6-8H2,1H3,(H,18,20)/t12?,13-,14?,15-,16?/m1/s1. The third-order valence-electron chi connectivity index (χ3n) is 3.81. The molecule has 1 aromatic carbocycles. The van der Waals surface area contributed by atoms with E-state index in [4.69, 9.17) is 24.1 Å². The molecule has 11 heteroatoms. The highest BCUT2D eigenvalue weighted by molar-refractivity contribution is 5.88. The summed E-state index contributed by atoms with van der Waals surface area (Å²) < 4.78 is 20.1. The van der Waals surface area contributed by atoms with Crippen LogP contribution in [-0.2, 0) is 19.0 Å². The van der Waals surface area contributed by atoms with Crippen molar-refractivity contribution >= 4 is 17.7 Å². The first-order valence-electron chi connectivity index (χ1n) is 8.46. The quantitative estimate of drug-likeness (QED) is 0.217. The highest BCUT2D eigenvalue weighted by Gasteiger charge is 2.43. The molecule has 0 aromatic heterocycles. The SMILES string of the molecule is CC(=O)Nc1ccc(OC(=O)OCCOC2OC(CO)[C@@H](O)C(O)[C@H]2O)cc1. The Hall–Kier alpha value is -2.28. The Balaban J connectivity index is 1.71. The topological polar surface area (TPSA) is 164 Å². The average molecular weight is 401 g/mol. The highest BCUT2D eigenvalue weighted by atomic mass is 16.7. The number of carbonyl (C=O) groups is 2. The van der Waals surface area contributed by atoms with E-state index in [1.165, 1.54) is 19.1 Å². The first-order chi connectivity index (χ1) is 13.3. The predicted molar refractivity (Wildman–Crippen MR) is 92.4 cm³/mol. The Labute approximate surface area is 160 Å². The maximum Gasteiger partial charge on any atom is 0.513 e. The average Bonchev–Trinajstić information content (AvgIpc) is 2.66. The van der Waals surface area contributed by atoms with Gasteiger partial charge in [0.05, 0.1) is 13.2 Å². The third kappa shape index (κ3) is 6.12. The lowest BCUT2D eigenvalue weighted by Gasteiger charge is -2.39. The van der Waals surface area contributed by atoms with Crippen molar-refractivity contribution in [2.24, 2.45) is 0 Å². The summed E-state index contributed by atoms with van der Waals surface area (Å²) in [4.78, 5) is 22.6. The molecule has 1 aliphatic heterocycles. The molecule has 1 fully saturated rings. The predicted octanol–water partition coefficient (Wildman–Crippen LogP) is -1.02. The number of aliphatic hydroxyl groups excluding tert-OH is 4. The van der Waals surface area contributed by atoms with Gasteiger partial charge >= 0.3 is 6.16 Å². The van der Waals surface area contributed by atoms with Crippen LogP contribution in [0.4, 0.5) is 10.5 Å². The van der Waals surface area contributed by atoms with Crippen LogP contribution in [0.2, 0.25) is 0 Å². The van der Waals surface area contributed by atoms with Gasteiger partial charge in [-0.25, -0.2) is 4.79 Å². The van der Waals surface area contributed by atoms with Crippen molar-refractivity contribution in [1.29, 1.82) is 0 Å². The third-order valence-corrected chi connectivity index (χ3v) is 3.81. The summed E-state index contributed by atoms with van der Waals surface area (Å²) in [6.45, 7) is 0.361. The molecule has 1 aromatic rings. The fraction of sp³-hybridized carbons (Fsp3) is 0.529. The molecule has 2 rings (SSSR count). The van der Waals surface area contributed by atoms with Crippen molar-refractivity contribution in [1.82, 2.24) is 0 Å². The van der Waals surface area contributed by atoms with Gasteiger partial charge < -0.3 is 44.7 Å². The number of aliphatic hydroxyl groups is 4. The monoisotopic (exact) mass is 401 g/mol. The van der Waals surface area contributed by atoms with Crippen molar-refractivity contribution in [3.05, 3.63) is 24.3 Å². The molecule has 0 bridgehead atoms. The second-order valence-corrected chi connectivity index (χ2v) is 5.97. The first kappa shape index (κ1) is 22.0. The lowest BCUT2D eigenvalue weighted by molar-refractivity contribution is -0.302. The van der Waals surface area contributed by atoms with Crippen LogP contribution in [0.1, 0.15) is 6.92 Å². The Morgan fingerprint density at radius 3 is 2.36 bits per heavy atom. The van der Waals surface area contributed by atoms with E-state index in [0.29, 0.717) is 5.69 Å². The lowest BCUT2D eigenvalue weighted by atomic mass is 9.99. The van der Waals surface area contributed by atoms with Gasteiger partial charge in [0.1, 0.15) is 36.8 Å². The molecule has 1 saturated heterocycles. The van der Waals surface area contributed by atoms with E-state index in [-0.39, 0.29) is 24.9 Å². The van der Waals surface area contributed by atoms with Gasteiger partial charge in [-0.1, -0.05) is 0 Å². The molecule has 28 heavy (non-hydrogen) atoms. The molecule has 0 saturated carbocycles. The molecule has 3 unspecified atom stereocenters. The smallest absolute Gasteiger partial charge is 0.432 e. The Kier molecular flexibility index (Phi) is 8.11. The first-order valence-corrected chi connectivity index (χ1v) is 8.46. The number of hydrogen-bond donors (Lipinski definition) is 5. The second-order valence-electron chi connectivity index (χ2n) is 5.97. The Morgan fingerprint density at radius 2 is 1.75 bits per heavy atom. The fourth-order valence-electron chi connectivity index (χ4n) is 2.43. The van der Waals surface area contributed by atoms with Crippen LogP contribution >= 0.6 is 0 Å². The van der Waals surface area contributed by atoms with Crippen LogP contribution in [0.15, 0.2) is 24.3 Å². The molecule has 1 heterocycles. The molecular formula is C17H23NO10. The van der Waals surface area contributed by atoms with E-state index >= 15 is 0 Å². The largest absolute Gasteiger partial charge is 0.513 e. The van der Waals surface area contributed by atoms with Crippen LogP contribution in [0, 0.1) is 0 Å². The summed E-state index contributed by atoms with van der Waals surface area (Å²) in [5.41, 5.74) is 0.543. The number of rotatable bonds is 7. The van der Waals surface area contributed by atoms with E-state index < -0.39 is 43.5 Å². The van der Waals surface area contributed by atoms with Crippen molar-refractivity contribution in [3.63, 3.8) is 0 Å². The van der Waals surface area contributed by atoms with Gasteiger partial charge in [-0.2, -0.15) is 0 Å². The summed E-state index contributed by atoms with van der Waals surface area (Å²) in [6, 6.07) is 6.03. The minimum Gasteiger partial charge on any atom is -0.432 e. The van der Waals surface area contributed by atoms with E-state index in [1.807, 2.05) is 0 Å². The van der Waals surface area contributed by atoms with Crippen molar-refractivity contribution < 1.29 is 49.0 Å². The van der Waals surface area contributed by atoms with Crippen molar-refractivity contribution in [2.75, 3.05) is 25.1 Å². The van der Waals surface area contributed by atoms with Gasteiger partial charge in [0.25, 0.3) is 0 Å². The molecule has 156 valence electrons. The van der Waals surface area contributed by atoms with Gasteiger partial charge in [0.15, 0.2) is 6.29 Å². The van der Waals surface area contributed by atoms with E-state index in [0.717, 1.165) is 0 Å². The summed E-state index contributed by atoms with van der Waals surface area (Å²) in [6.07, 6.45) is -7.96. The second kappa shape index (κ2) is 10.3. The normalized spacial score (nSPS) is 27.1. The molecule has 0 spiro atoms. The zero-order valence-corrected chi connectivity index (χ0v) is 15.1. The zero-order chi connectivity index (χ0) is 20.7. The van der Waals surface area contributed by atoms with E-state index in [1.54, 1.807) is 12.1 Å². The van der Waals surface area contributed by atoms with Gasteiger partial charge in [-0.15, -0.1) is 0 Å².